The normalized spacial score (nSPS) is 23.3. The van der Waals surface area contributed by atoms with Crippen molar-refractivity contribution in [3.05, 3.63) is 0 Å². The molecule has 1 heterocycles. The fraction of sp³-hybridized carbons (Fsp3) is 0.714. The lowest BCUT2D eigenvalue weighted by molar-refractivity contribution is 0.359. The van der Waals surface area contributed by atoms with Gasteiger partial charge in [0.2, 0.25) is 0 Å². The van der Waals surface area contributed by atoms with E-state index in [0.29, 0.717) is 11.8 Å². The van der Waals surface area contributed by atoms with E-state index in [-0.39, 0.29) is 5.54 Å². The van der Waals surface area contributed by atoms with Crippen LogP contribution in [0.1, 0.15) is 13.8 Å². The van der Waals surface area contributed by atoms with Gasteiger partial charge in [0.15, 0.2) is 5.96 Å². The summed E-state index contributed by atoms with van der Waals surface area (Å²) in [4.78, 5) is 3.37. The molecule has 0 spiro atoms. The predicted molar refractivity (Wildman–Crippen MR) is 45.1 cm³/mol. The van der Waals surface area contributed by atoms with Crippen LogP contribution in [0.3, 0.4) is 0 Å². The first-order valence-electron chi connectivity index (χ1n) is 3.54. The Labute approximate surface area is 66.8 Å². The van der Waals surface area contributed by atoms with Gasteiger partial charge in [-0.1, -0.05) is 0 Å². The third kappa shape index (κ3) is 0.818. The third-order valence-electron chi connectivity index (χ3n) is 2.39. The fourth-order valence-corrected chi connectivity index (χ4v) is 1.16. The van der Waals surface area contributed by atoms with Crippen LogP contribution < -0.4 is 0 Å². The van der Waals surface area contributed by atoms with Crippen LogP contribution in [0.15, 0.2) is 0 Å². The van der Waals surface area contributed by atoms with Crippen molar-refractivity contribution in [2.75, 3.05) is 14.1 Å². The zero-order valence-electron chi connectivity index (χ0n) is 7.39. The molecule has 0 aromatic heterocycles. The summed E-state index contributed by atoms with van der Waals surface area (Å²) in [6.45, 7) is 3.88. The number of rotatable bonds is 0. The molecule has 1 aliphatic rings. The number of likely N-dealkylation sites (N-methyl/N-ethyl adjacent to an activating group) is 2. The smallest absolute Gasteiger partial charge is 0.199 e. The first-order chi connectivity index (χ1) is 4.89. The van der Waals surface area contributed by atoms with Crippen LogP contribution >= 0.6 is 0 Å². The molecule has 0 aromatic carbocycles. The molecule has 1 fully saturated rings. The monoisotopic (exact) mass is 154 g/mol. The van der Waals surface area contributed by atoms with Crippen molar-refractivity contribution in [1.29, 1.82) is 10.8 Å². The van der Waals surface area contributed by atoms with Gasteiger partial charge in [-0.3, -0.25) is 10.8 Å². The van der Waals surface area contributed by atoms with Gasteiger partial charge in [-0.2, -0.15) is 0 Å². The minimum atomic E-state index is -0.328. The van der Waals surface area contributed by atoms with Crippen molar-refractivity contribution < 1.29 is 0 Å². The molecule has 11 heavy (non-hydrogen) atoms. The SMILES string of the molecule is CN1C(=N)N(C)C(C)(C)C1=N. The number of guanidine groups is 1. The van der Waals surface area contributed by atoms with E-state index in [9.17, 15) is 0 Å². The second-order valence-electron chi connectivity index (χ2n) is 3.35. The Balaban J connectivity index is 3.06. The van der Waals surface area contributed by atoms with Gasteiger partial charge >= 0.3 is 0 Å². The Morgan fingerprint density at radius 3 is 1.73 bits per heavy atom. The van der Waals surface area contributed by atoms with Crippen LogP contribution in [-0.2, 0) is 0 Å². The Morgan fingerprint density at radius 2 is 1.64 bits per heavy atom. The molecular formula is C7H14N4. The Hall–Kier alpha value is -1.06. The van der Waals surface area contributed by atoms with Crippen molar-refractivity contribution in [3.63, 3.8) is 0 Å². The molecule has 1 saturated heterocycles. The molecule has 1 rings (SSSR count). The lowest BCUT2D eigenvalue weighted by Gasteiger charge is -2.25. The lowest BCUT2D eigenvalue weighted by Crippen LogP contribution is -2.41. The van der Waals surface area contributed by atoms with E-state index in [4.69, 9.17) is 10.8 Å². The number of hydrogen-bond acceptors (Lipinski definition) is 2. The molecule has 1 aliphatic heterocycles. The summed E-state index contributed by atoms with van der Waals surface area (Å²) in [6.07, 6.45) is 0. The van der Waals surface area contributed by atoms with Crippen molar-refractivity contribution in [2.24, 2.45) is 0 Å². The molecule has 0 amide bonds. The highest BCUT2D eigenvalue weighted by Gasteiger charge is 2.41. The molecular weight excluding hydrogens is 140 g/mol. The van der Waals surface area contributed by atoms with Gasteiger partial charge < -0.3 is 9.80 Å². The Morgan fingerprint density at radius 1 is 1.18 bits per heavy atom. The largest absolute Gasteiger partial charge is 0.333 e. The highest BCUT2D eigenvalue weighted by atomic mass is 15.5. The van der Waals surface area contributed by atoms with E-state index in [1.807, 2.05) is 20.9 Å². The number of hydrogen-bond donors (Lipinski definition) is 2. The maximum absolute atomic E-state index is 7.66. The summed E-state index contributed by atoms with van der Waals surface area (Å²) in [6, 6.07) is 0. The highest BCUT2D eigenvalue weighted by molar-refractivity contribution is 6.08. The van der Waals surface area contributed by atoms with Gasteiger partial charge in [0, 0.05) is 14.1 Å². The van der Waals surface area contributed by atoms with E-state index in [0.717, 1.165) is 0 Å². The Bertz CT molecular complexity index is 218. The zero-order valence-corrected chi connectivity index (χ0v) is 7.39. The summed E-state index contributed by atoms with van der Waals surface area (Å²) in [5, 5.41) is 15.2. The van der Waals surface area contributed by atoms with Crippen molar-refractivity contribution in [2.45, 2.75) is 19.4 Å². The summed E-state index contributed by atoms with van der Waals surface area (Å²) < 4.78 is 0. The second kappa shape index (κ2) is 1.96. The van der Waals surface area contributed by atoms with Crippen LogP contribution in [0, 0.1) is 10.8 Å². The maximum atomic E-state index is 7.66. The van der Waals surface area contributed by atoms with Crippen molar-refractivity contribution in [1.82, 2.24) is 9.80 Å². The summed E-state index contributed by atoms with van der Waals surface area (Å²) >= 11 is 0. The van der Waals surface area contributed by atoms with Gasteiger partial charge in [0.1, 0.15) is 5.84 Å². The molecule has 0 unspecified atom stereocenters. The lowest BCUT2D eigenvalue weighted by atomic mass is 10.0. The summed E-state index contributed by atoms with van der Waals surface area (Å²) in [5.41, 5.74) is -0.328. The average Bonchev–Trinajstić information content (AvgIpc) is 2.06. The van der Waals surface area contributed by atoms with Crippen LogP contribution in [-0.4, -0.2) is 41.2 Å². The first kappa shape index (κ1) is 8.04. The van der Waals surface area contributed by atoms with E-state index in [1.54, 1.807) is 16.8 Å². The maximum Gasteiger partial charge on any atom is 0.199 e. The molecule has 0 aliphatic carbocycles. The van der Waals surface area contributed by atoms with Crippen molar-refractivity contribution in [3.8, 4) is 0 Å². The van der Waals surface area contributed by atoms with Gasteiger partial charge in [-0.15, -0.1) is 0 Å². The highest BCUT2D eigenvalue weighted by Crippen LogP contribution is 2.23. The van der Waals surface area contributed by atoms with E-state index < -0.39 is 0 Å². The standard InChI is InChI=1S/C7H14N4/c1-7(2)5(8)10(3)6(9)11(7)4/h8-9H,1-4H3. The second-order valence-corrected chi connectivity index (χ2v) is 3.35. The molecule has 0 radical (unpaired) electrons. The van der Waals surface area contributed by atoms with Crippen LogP contribution in [0.5, 0.6) is 0 Å². The van der Waals surface area contributed by atoms with Gasteiger partial charge in [-0.25, -0.2) is 0 Å². The van der Waals surface area contributed by atoms with E-state index in [2.05, 4.69) is 0 Å². The molecule has 2 N–H and O–H groups in total. The molecule has 0 bridgehead atoms. The fourth-order valence-electron chi connectivity index (χ4n) is 1.16. The molecule has 0 aromatic rings. The summed E-state index contributed by atoms with van der Waals surface area (Å²) in [5.74, 6) is 0.866. The minimum Gasteiger partial charge on any atom is -0.333 e. The van der Waals surface area contributed by atoms with E-state index in [1.165, 1.54) is 0 Å². The topological polar surface area (TPSA) is 54.2 Å². The van der Waals surface area contributed by atoms with Gasteiger partial charge in [0.25, 0.3) is 0 Å². The molecule has 4 nitrogen and oxygen atoms in total. The Kier molecular flexibility index (Phi) is 1.44. The number of amidine groups is 1. The first-order valence-corrected chi connectivity index (χ1v) is 3.54. The average molecular weight is 154 g/mol. The third-order valence-corrected chi connectivity index (χ3v) is 2.39. The number of nitrogens with one attached hydrogen (secondary N) is 2. The molecule has 4 heteroatoms. The van der Waals surface area contributed by atoms with Crippen molar-refractivity contribution >= 4 is 11.8 Å². The molecule has 0 atom stereocenters. The molecule has 62 valence electrons. The minimum absolute atomic E-state index is 0.328. The van der Waals surface area contributed by atoms with Crippen LogP contribution in [0.4, 0.5) is 0 Å². The van der Waals surface area contributed by atoms with Crippen LogP contribution in [0.25, 0.3) is 0 Å². The van der Waals surface area contributed by atoms with Gasteiger partial charge in [-0.05, 0) is 13.8 Å². The summed E-state index contributed by atoms with van der Waals surface area (Å²) in [7, 11) is 3.58. The zero-order chi connectivity index (χ0) is 8.81. The van der Waals surface area contributed by atoms with Gasteiger partial charge in [0.05, 0.1) is 5.54 Å². The van der Waals surface area contributed by atoms with E-state index >= 15 is 0 Å². The predicted octanol–water partition coefficient (Wildman–Crippen LogP) is 0.554. The number of nitrogens with zero attached hydrogens (tertiary/aromatic N) is 2. The quantitative estimate of drug-likeness (QED) is 0.535. The van der Waals surface area contributed by atoms with Crippen LogP contribution in [0.2, 0.25) is 0 Å². The molecule has 0 saturated carbocycles.